The van der Waals surface area contributed by atoms with Crippen molar-refractivity contribution >= 4 is 22.5 Å². The quantitative estimate of drug-likeness (QED) is 0.904. The average Bonchev–Trinajstić information content (AvgIpc) is 3.05. The smallest absolute Gasteiger partial charge is 0.319 e. The zero-order valence-electron chi connectivity index (χ0n) is 12.0. The Kier molecular flexibility index (Phi) is 3.89. The van der Waals surface area contributed by atoms with Crippen molar-refractivity contribution in [2.45, 2.75) is 45.2 Å². The van der Waals surface area contributed by atoms with Crippen LogP contribution in [0.1, 0.15) is 31.7 Å². The first-order valence-electron chi connectivity index (χ1n) is 7.31. The van der Waals surface area contributed by atoms with Crippen LogP contribution in [-0.4, -0.2) is 57.7 Å². The molecule has 3 rings (SSSR count). The van der Waals surface area contributed by atoms with Crippen LogP contribution in [0.5, 0.6) is 0 Å². The molecule has 3 heterocycles. The van der Waals surface area contributed by atoms with Crippen molar-refractivity contribution in [3.8, 4) is 0 Å². The first-order valence-corrected chi connectivity index (χ1v) is 8.13. The molecule has 1 aromatic rings. The van der Waals surface area contributed by atoms with Crippen LogP contribution in [0.25, 0.3) is 0 Å². The maximum Gasteiger partial charge on any atom is 0.324 e. The minimum absolute atomic E-state index is 0.0390. The molecular formula is C13H21N5OS. The second-order valence-electron chi connectivity index (χ2n) is 5.58. The number of aryl methyl sites for hydroxylation is 1. The Morgan fingerprint density at radius 3 is 3.05 bits per heavy atom. The normalized spacial score (nSPS) is 26.6. The van der Waals surface area contributed by atoms with Gasteiger partial charge in [0.15, 0.2) is 0 Å². The van der Waals surface area contributed by atoms with Gasteiger partial charge in [-0.2, -0.15) is 0 Å². The molecule has 6 nitrogen and oxygen atoms in total. The molecule has 2 saturated heterocycles. The monoisotopic (exact) mass is 295 g/mol. The molecule has 0 aromatic carbocycles. The molecule has 20 heavy (non-hydrogen) atoms. The van der Waals surface area contributed by atoms with Crippen molar-refractivity contribution in [1.82, 2.24) is 20.0 Å². The van der Waals surface area contributed by atoms with Gasteiger partial charge in [0, 0.05) is 25.2 Å². The first-order chi connectivity index (χ1) is 9.67. The standard InChI is InChI=1S/C13H21N5OS/c1-3-11-15-16-12(20-11)14-13(19)18-8-10-5-4-6-17(10)7-9(18)2/h9-10H,3-8H2,1-2H3,(H,14,16,19)/t9-,10-/m1/s1. The lowest BCUT2D eigenvalue weighted by molar-refractivity contribution is 0.0861. The number of nitrogens with one attached hydrogen (secondary N) is 1. The third-order valence-electron chi connectivity index (χ3n) is 4.18. The number of piperazine rings is 1. The number of urea groups is 1. The predicted octanol–water partition coefficient (Wildman–Crippen LogP) is 1.80. The molecule has 0 saturated carbocycles. The summed E-state index contributed by atoms with van der Waals surface area (Å²) in [5.41, 5.74) is 0. The molecule has 2 fully saturated rings. The van der Waals surface area contributed by atoms with E-state index in [0.717, 1.165) is 24.5 Å². The van der Waals surface area contributed by atoms with Gasteiger partial charge in [0.25, 0.3) is 0 Å². The van der Waals surface area contributed by atoms with Crippen molar-refractivity contribution in [3.63, 3.8) is 0 Å². The highest BCUT2D eigenvalue weighted by atomic mass is 32.1. The number of aromatic nitrogens is 2. The molecule has 0 aliphatic carbocycles. The Morgan fingerprint density at radius 1 is 1.45 bits per heavy atom. The molecular weight excluding hydrogens is 274 g/mol. The van der Waals surface area contributed by atoms with Crippen LogP contribution in [0, 0.1) is 0 Å². The van der Waals surface area contributed by atoms with Gasteiger partial charge in [0.1, 0.15) is 5.01 Å². The van der Waals surface area contributed by atoms with Gasteiger partial charge in [0.2, 0.25) is 5.13 Å². The van der Waals surface area contributed by atoms with Crippen LogP contribution in [0.4, 0.5) is 9.93 Å². The molecule has 1 aromatic heterocycles. The summed E-state index contributed by atoms with van der Waals surface area (Å²) in [6.07, 6.45) is 3.31. The van der Waals surface area contributed by atoms with Crippen molar-refractivity contribution < 1.29 is 4.79 Å². The van der Waals surface area contributed by atoms with Gasteiger partial charge >= 0.3 is 6.03 Å². The zero-order valence-corrected chi connectivity index (χ0v) is 12.8. The fourth-order valence-corrected chi connectivity index (χ4v) is 3.75. The van der Waals surface area contributed by atoms with E-state index in [-0.39, 0.29) is 12.1 Å². The predicted molar refractivity (Wildman–Crippen MR) is 79.1 cm³/mol. The highest BCUT2D eigenvalue weighted by Gasteiger charge is 2.36. The van der Waals surface area contributed by atoms with Gasteiger partial charge in [-0.3, -0.25) is 10.2 Å². The Balaban J connectivity index is 1.64. The fourth-order valence-electron chi connectivity index (χ4n) is 3.08. The number of fused-ring (bicyclic) bond motifs is 1. The number of carbonyl (C=O) groups excluding carboxylic acids is 1. The number of nitrogens with zero attached hydrogens (tertiary/aromatic N) is 4. The second kappa shape index (κ2) is 5.65. The molecule has 0 bridgehead atoms. The topological polar surface area (TPSA) is 61.4 Å². The Hall–Kier alpha value is -1.21. The molecule has 0 radical (unpaired) electrons. The van der Waals surface area contributed by atoms with Gasteiger partial charge in [-0.25, -0.2) is 4.79 Å². The molecule has 0 spiro atoms. The Bertz CT molecular complexity index is 491. The number of amides is 2. The molecule has 1 N–H and O–H groups in total. The number of hydrogen-bond donors (Lipinski definition) is 1. The third-order valence-corrected chi connectivity index (χ3v) is 5.16. The summed E-state index contributed by atoms with van der Waals surface area (Å²) in [6, 6.07) is 0.753. The van der Waals surface area contributed by atoms with Gasteiger partial charge in [0.05, 0.1) is 0 Å². The summed E-state index contributed by atoms with van der Waals surface area (Å²) in [5, 5.41) is 12.5. The van der Waals surface area contributed by atoms with Crippen LogP contribution in [0.15, 0.2) is 0 Å². The van der Waals surface area contributed by atoms with Crippen LogP contribution < -0.4 is 5.32 Å². The van der Waals surface area contributed by atoms with Crippen LogP contribution in [0.2, 0.25) is 0 Å². The van der Waals surface area contributed by atoms with Gasteiger partial charge in [-0.05, 0) is 32.7 Å². The molecule has 0 unspecified atom stereocenters. The van der Waals surface area contributed by atoms with Crippen LogP contribution in [-0.2, 0) is 6.42 Å². The molecule has 110 valence electrons. The SMILES string of the molecule is CCc1nnc(NC(=O)N2C[C@H]3CCCN3C[C@H]2C)s1. The van der Waals surface area contributed by atoms with Gasteiger partial charge in [-0.15, -0.1) is 10.2 Å². The Morgan fingerprint density at radius 2 is 2.30 bits per heavy atom. The summed E-state index contributed by atoms with van der Waals surface area (Å²) >= 11 is 1.45. The number of hydrogen-bond acceptors (Lipinski definition) is 5. The Labute approximate surface area is 123 Å². The summed E-state index contributed by atoms with van der Waals surface area (Å²) in [4.78, 5) is 16.9. The maximum absolute atomic E-state index is 12.4. The second-order valence-corrected chi connectivity index (χ2v) is 6.64. The summed E-state index contributed by atoms with van der Waals surface area (Å²) in [7, 11) is 0. The number of rotatable bonds is 2. The van der Waals surface area contributed by atoms with E-state index >= 15 is 0 Å². The first kappa shape index (κ1) is 13.8. The van der Waals surface area contributed by atoms with E-state index in [0.29, 0.717) is 11.2 Å². The van der Waals surface area contributed by atoms with Crippen molar-refractivity contribution in [1.29, 1.82) is 0 Å². The summed E-state index contributed by atoms with van der Waals surface area (Å²) in [6.45, 7) is 7.14. The van der Waals surface area contributed by atoms with Crippen LogP contribution in [0.3, 0.4) is 0 Å². The molecule has 2 amide bonds. The lowest BCUT2D eigenvalue weighted by Crippen LogP contribution is -2.57. The van der Waals surface area contributed by atoms with E-state index in [1.807, 2.05) is 11.8 Å². The largest absolute Gasteiger partial charge is 0.324 e. The van der Waals surface area contributed by atoms with Crippen molar-refractivity contribution in [3.05, 3.63) is 5.01 Å². The average molecular weight is 295 g/mol. The van der Waals surface area contributed by atoms with Gasteiger partial charge in [-0.1, -0.05) is 18.3 Å². The lowest BCUT2D eigenvalue weighted by atomic mass is 10.1. The molecule has 7 heteroatoms. The number of carbonyl (C=O) groups is 1. The molecule has 2 aliphatic rings. The lowest BCUT2D eigenvalue weighted by Gasteiger charge is -2.41. The van der Waals surface area contributed by atoms with E-state index in [1.54, 1.807) is 0 Å². The third kappa shape index (κ3) is 2.64. The zero-order chi connectivity index (χ0) is 14.1. The molecule has 2 atom stereocenters. The minimum atomic E-state index is -0.0390. The van der Waals surface area contributed by atoms with Crippen molar-refractivity contribution in [2.75, 3.05) is 25.0 Å². The van der Waals surface area contributed by atoms with E-state index in [2.05, 4.69) is 27.3 Å². The van der Waals surface area contributed by atoms with E-state index in [1.165, 1.54) is 30.7 Å². The van der Waals surface area contributed by atoms with Gasteiger partial charge < -0.3 is 4.90 Å². The maximum atomic E-state index is 12.4. The van der Waals surface area contributed by atoms with Crippen LogP contribution >= 0.6 is 11.3 Å². The summed E-state index contributed by atoms with van der Waals surface area (Å²) in [5.74, 6) is 0. The van der Waals surface area contributed by atoms with Crippen molar-refractivity contribution in [2.24, 2.45) is 0 Å². The van der Waals surface area contributed by atoms with E-state index in [4.69, 9.17) is 0 Å². The minimum Gasteiger partial charge on any atom is -0.319 e. The van der Waals surface area contributed by atoms with E-state index in [9.17, 15) is 4.79 Å². The highest BCUT2D eigenvalue weighted by Crippen LogP contribution is 2.25. The van der Waals surface area contributed by atoms with E-state index < -0.39 is 0 Å². The fraction of sp³-hybridized carbons (Fsp3) is 0.769. The molecule has 2 aliphatic heterocycles. The summed E-state index contributed by atoms with van der Waals surface area (Å²) < 4.78 is 0. The number of anilines is 1. The highest BCUT2D eigenvalue weighted by molar-refractivity contribution is 7.15.